The molecule has 2 aliphatic rings. The number of ether oxygens (including phenoxy) is 3. The van der Waals surface area contributed by atoms with Gasteiger partial charge in [0.25, 0.3) is 7.98 Å². The Bertz CT molecular complexity index is 750. The van der Waals surface area contributed by atoms with Crippen LogP contribution in [-0.4, -0.2) is 106 Å². The van der Waals surface area contributed by atoms with E-state index in [9.17, 15) is 14.5 Å². The van der Waals surface area contributed by atoms with E-state index < -0.39 is 76.8 Å². The van der Waals surface area contributed by atoms with Gasteiger partial charge in [-0.15, -0.1) is 0 Å². The van der Waals surface area contributed by atoms with Crippen LogP contribution in [0.2, 0.25) is 0 Å². The van der Waals surface area contributed by atoms with Gasteiger partial charge in [-0.1, -0.05) is 6.92 Å². The van der Waals surface area contributed by atoms with Crippen LogP contribution in [0.5, 0.6) is 0 Å². The zero-order chi connectivity index (χ0) is 24.8. The van der Waals surface area contributed by atoms with Gasteiger partial charge in [-0.2, -0.15) is 0 Å². The molecule has 0 amide bonds. The van der Waals surface area contributed by atoms with E-state index in [1.54, 1.807) is 6.92 Å². The molecular formula is C16H25B3NO10P. The molecule has 0 spiro atoms. The number of carbonyl (C=O) groups is 1. The van der Waals surface area contributed by atoms with E-state index in [2.05, 4.69) is 4.85 Å². The molecule has 0 aliphatic carbocycles. The summed E-state index contributed by atoms with van der Waals surface area (Å²) in [5, 5.41) is 9.59. The number of hydrogen-bond acceptors (Lipinski definition) is 10. The van der Waals surface area contributed by atoms with Crippen LogP contribution in [0.15, 0.2) is 0 Å². The lowest BCUT2D eigenvalue weighted by Crippen LogP contribution is -2.38. The number of aliphatic hydroxyl groups excluding tert-OH is 1. The topological polar surface area (TPSA) is 123 Å². The molecule has 11 nitrogen and oxygen atoms in total. The first-order valence-corrected chi connectivity index (χ1v) is 11.0. The van der Waals surface area contributed by atoms with E-state index in [1.165, 1.54) is 6.92 Å². The maximum absolute atomic E-state index is 13.4. The molecule has 1 N–H and O–H groups in total. The van der Waals surface area contributed by atoms with Gasteiger partial charge in [0.1, 0.15) is 40.6 Å². The molecule has 9 atom stereocenters. The van der Waals surface area contributed by atoms with Gasteiger partial charge >= 0.3 is 13.8 Å². The zero-order valence-corrected chi connectivity index (χ0v) is 18.1. The second-order valence-electron chi connectivity index (χ2n) is 7.02. The molecule has 2 heterocycles. The van der Waals surface area contributed by atoms with Gasteiger partial charge < -0.3 is 28.8 Å². The number of carbonyl (C=O) groups excluding carboxylic acids is 1. The van der Waals surface area contributed by atoms with Gasteiger partial charge in [0.15, 0.2) is 0 Å². The Labute approximate surface area is 187 Å². The number of hydrogen-bond donors (Lipinski definition) is 1. The minimum Gasteiger partial charge on any atom is -0.460 e. The lowest BCUT2D eigenvalue weighted by atomic mass is 9.88. The van der Waals surface area contributed by atoms with Gasteiger partial charge in [-0.25, -0.2) is 11.1 Å². The fraction of sp³-hybridized carbons (Fsp3) is 0.875. The Morgan fingerprint density at radius 1 is 1.32 bits per heavy atom. The number of phosphoric acid groups is 1. The second kappa shape index (κ2) is 11.8. The normalized spacial score (nSPS) is 38.0. The predicted molar refractivity (Wildman–Crippen MR) is 110 cm³/mol. The zero-order valence-electron chi connectivity index (χ0n) is 19.2. The predicted octanol–water partition coefficient (Wildman–Crippen LogP) is -1.29. The summed E-state index contributed by atoms with van der Waals surface area (Å²) in [6.07, 6.45) is -5.12. The summed E-state index contributed by atoms with van der Waals surface area (Å²) in [7, 11) is 5.48. The molecule has 0 aromatic carbocycles. The van der Waals surface area contributed by atoms with Crippen molar-refractivity contribution in [3.8, 4) is 0 Å². The first-order chi connectivity index (χ1) is 15.5. The number of nitrogens with zero attached hydrogens (tertiary/aromatic N) is 1. The summed E-state index contributed by atoms with van der Waals surface area (Å²) in [4.78, 5) is 14.4. The minimum absolute atomic E-state index is 0.141. The maximum Gasteiger partial charge on any atom is 0.475 e. The Morgan fingerprint density at radius 3 is 2.61 bits per heavy atom. The quantitative estimate of drug-likeness (QED) is 0.124. The van der Waals surface area contributed by atoms with Gasteiger partial charge in [0.2, 0.25) is 6.54 Å². The van der Waals surface area contributed by atoms with Crippen LogP contribution < -0.4 is 0 Å². The second-order valence-corrected chi connectivity index (χ2v) is 8.64. The summed E-state index contributed by atoms with van der Waals surface area (Å²) >= 11 is 0. The maximum atomic E-state index is 13.4. The number of phosphoric ester groups is 1. The standard InChI is InChI=1S/C16H25B3NO10P/c1-8-11(28-15(17)12(8)26-9(2)22)7-25-31(23,24-5-4-20-3)30-13-10(6-21)27-16(18)14(13)29-19/h8,10-16,21H,4-7,19H2,1-2H3/t8?,10-,11-,12+,13?,14+,15-,16-,31?/m1/s1/i19TD. The lowest BCUT2D eigenvalue weighted by molar-refractivity contribution is -0.148. The Hall–Kier alpha value is -0.895. The first kappa shape index (κ1) is 23.3. The van der Waals surface area contributed by atoms with Gasteiger partial charge in [-0.3, -0.25) is 18.4 Å². The molecule has 168 valence electrons. The number of rotatable bonds is 12. The van der Waals surface area contributed by atoms with Crippen molar-refractivity contribution in [1.29, 1.82) is 2.67 Å². The van der Waals surface area contributed by atoms with Crippen LogP contribution in [0.25, 0.3) is 4.85 Å². The Morgan fingerprint density at radius 2 is 2.00 bits per heavy atom. The van der Waals surface area contributed by atoms with Crippen molar-refractivity contribution in [2.24, 2.45) is 5.92 Å². The summed E-state index contributed by atoms with van der Waals surface area (Å²) in [5.74, 6) is -0.956. The number of esters is 1. The van der Waals surface area contributed by atoms with Gasteiger partial charge in [0.05, 0.1) is 31.4 Å². The molecule has 0 saturated carbocycles. The monoisotopic (exact) mass is 458 g/mol. The molecule has 2 fully saturated rings. The Kier molecular flexibility index (Phi) is 8.87. The molecule has 3 unspecified atom stereocenters. The van der Waals surface area contributed by atoms with Crippen LogP contribution in [0.1, 0.15) is 13.8 Å². The highest BCUT2D eigenvalue weighted by molar-refractivity contribution is 7.48. The first-order valence-electron chi connectivity index (χ1n) is 10.7. The van der Waals surface area contributed by atoms with Crippen LogP contribution in [0.4, 0.5) is 0 Å². The van der Waals surface area contributed by atoms with Crippen molar-refractivity contribution in [1.82, 2.24) is 0 Å². The minimum atomic E-state index is -4.42. The average molecular weight is 458 g/mol. The average Bonchev–Trinajstić information content (AvgIpc) is 3.16. The van der Waals surface area contributed by atoms with E-state index in [-0.39, 0.29) is 19.8 Å². The third-order valence-corrected chi connectivity index (χ3v) is 6.31. The highest BCUT2D eigenvalue weighted by atomic mass is 31.2. The fourth-order valence-electron chi connectivity index (χ4n) is 3.27. The van der Waals surface area contributed by atoms with Gasteiger partial charge in [0, 0.05) is 21.5 Å². The van der Waals surface area contributed by atoms with Crippen molar-refractivity contribution < 1.29 is 46.9 Å². The third kappa shape index (κ3) is 6.79. The van der Waals surface area contributed by atoms with E-state index in [1.807, 2.05) is 0 Å². The largest absolute Gasteiger partial charge is 0.475 e. The third-order valence-electron chi connectivity index (χ3n) is 4.85. The van der Waals surface area contributed by atoms with Crippen molar-refractivity contribution in [2.75, 3.05) is 26.4 Å². The molecule has 15 heteroatoms. The highest BCUT2D eigenvalue weighted by Gasteiger charge is 2.48. The van der Waals surface area contributed by atoms with E-state index in [0.29, 0.717) is 0 Å². The van der Waals surface area contributed by atoms with Crippen LogP contribution in [0, 0.1) is 12.5 Å². The van der Waals surface area contributed by atoms with E-state index in [4.69, 9.17) is 57.4 Å². The summed E-state index contributed by atoms with van der Waals surface area (Å²) < 4.78 is 65.3. The van der Waals surface area contributed by atoms with Crippen LogP contribution >= 0.6 is 7.82 Å². The summed E-state index contributed by atoms with van der Waals surface area (Å²) in [6, 6.07) is -2.10. The van der Waals surface area contributed by atoms with E-state index >= 15 is 0 Å². The fourth-order valence-corrected chi connectivity index (χ4v) is 4.65. The Balaban J connectivity index is 2.14. The van der Waals surface area contributed by atoms with Crippen molar-refractivity contribution >= 4 is 37.5 Å². The molecule has 31 heavy (non-hydrogen) atoms. The summed E-state index contributed by atoms with van der Waals surface area (Å²) in [5.41, 5.74) is 0. The molecule has 0 aromatic heterocycles. The van der Waals surface area contributed by atoms with Crippen LogP contribution in [-0.2, 0) is 41.8 Å². The van der Waals surface area contributed by atoms with Crippen molar-refractivity contribution in [3.05, 3.63) is 11.4 Å². The highest BCUT2D eigenvalue weighted by Crippen LogP contribution is 2.53. The molecule has 2 saturated heterocycles. The molecule has 2 aliphatic heterocycles. The molecule has 4 radical (unpaired) electrons. The molecule has 0 bridgehead atoms. The van der Waals surface area contributed by atoms with Crippen LogP contribution in [0.3, 0.4) is 0 Å². The van der Waals surface area contributed by atoms with E-state index in [0.717, 1.165) is 0 Å². The number of aliphatic hydroxyl groups is 1. The lowest BCUT2D eigenvalue weighted by Gasteiger charge is -2.27. The SMILES string of the molecule is [2H]B([3H])O[C@H]1C(OP(=O)(OCC[N+]#[C-])OC[C@H]2O[C@@H]([B])[C@@H](OC(C)=O)C2C)[C@@H](CO)O[C@H]1[B]. The molecule has 2 rings (SSSR count). The molecule has 0 aromatic rings. The van der Waals surface area contributed by atoms with Crippen molar-refractivity contribution in [2.45, 2.75) is 56.4 Å². The summed E-state index contributed by atoms with van der Waals surface area (Å²) in [6.45, 7) is 8.43. The molecular weight excluding hydrogens is 430 g/mol. The van der Waals surface area contributed by atoms with Crippen molar-refractivity contribution in [3.63, 3.8) is 0 Å². The smallest absolute Gasteiger partial charge is 0.460 e. The van der Waals surface area contributed by atoms with Gasteiger partial charge in [-0.05, 0) is 0 Å².